The summed E-state index contributed by atoms with van der Waals surface area (Å²) < 4.78 is 3.04. The van der Waals surface area contributed by atoms with Gasteiger partial charge in [-0.2, -0.15) is 5.10 Å². The summed E-state index contributed by atoms with van der Waals surface area (Å²) in [5.74, 6) is 0.512. The number of anilines is 1. The molecule has 0 radical (unpaired) electrons. The van der Waals surface area contributed by atoms with Crippen molar-refractivity contribution in [3.05, 3.63) is 38.7 Å². The number of hydrogen-bond acceptors (Lipinski definition) is 3. The first-order valence-electron chi connectivity index (χ1n) is 6.20. The van der Waals surface area contributed by atoms with E-state index in [2.05, 4.69) is 39.9 Å². The van der Waals surface area contributed by atoms with Crippen LogP contribution in [0.5, 0.6) is 0 Å². The topological polar surface area (TPSA) is 56.7 Å². The second kappa shape index (κ2) is 5.92. The van der Waals surface area contributed by atoms with E-state index in [4.69, 9.17) is 17.3 Å². The minimum Gasteiger partial charge on any atom is -0.383 e. The number of nitrogen functional groups attached to an aromatic ring is 1. The molecule has 2 aromatic rings. The Kier molecular flexibility index (Phi) is 4.47. The number of rotatable bonds is 4. The van der Waals surface area contributed by atoms with Crippen molar-refractivity contribution in [1.29, 1.82) is 0 Å². The number of aromatic nitrogens is 3. The van der Waals surface area contributed by atoms with Crippen LogP contribution >= 0.6 is 27.5 Å². The lowest BCUT2D eigenvalue weighted by Crippen LogP contribution is -2.06. The van der Waals surface area contributed by atoms with Crippen molar-refractivity contribution in [2.24, 2.45) is 0 Å². The zero-order valence-corrected chi connectivity index (χ0v) is 13.3. The molecule has 4 nitrogen and oxygen atoms in total. The molecule has 0 spiro atoms. The van der Waals surface area contributed by atoms with Crippen molar-refractivity contribution >= 4 is 33.3 Å². The van der Waals surface area contributed by atoms with Gasteiger partial charge in [0.1, 0.15) is 5.82 Å². The molecular formula is C13H16BrClN4. The van der Waals surface area contributed by atoms with E-state index in [9.17, 15) is 0 Å². The third-order valence-corrected chi connectivity index (χ3v) is 4.14. The Hall–Kier alpha value is -1.07. The smallest absolute Gasteiger partial charge is 0.127 e. The van der Waals surface area contributed by atoms with Crippen LogP contribution in [0.25, 0.3) is 0 Å². The van der Waals surface area contributed by atoms with Crippen molar-refractivity contribution in [3.8, 4) is 0 Å². The highest BCUT2D eigenvalue weighted by molar-refractivity contribution is 9.10. The van der Waals surface area contributed by atoms with E-state index < -0.39 is 0 Å². The van der Waals surface area contributed by atoms with E-state index in [1.54, 1.807) is 6.20 Å². The summed E-state index contributed by atoms with van der Waals surface area (Å²) >= 11 is 9.60. The Morgan fingerprint density at radius 1 is 1.42 bits per heavy atom. The van der Waals surface area contributed by atoms with Crippen LogP contribution in [0.2, 0.25) is 5.02 Å². The molecule has 0 fully saturated rings. The van der Waals surface area contributed by atoms with Crippen LogP contribution in [0.4, 0.5) is 5.82 Å². The molecule has 2 aromatic heterocycles. The van der Waals surface area contributed by atoms with Gasteiger partial charge in [-0.25, -0.2) is 4.98 Å². The van der Waals surface area contributed by atoms with Gasteiger partial charge in [0.25, 0.3) is 0 Å². The molecular weight excluding hydrogens is 328 g/mol. The Bertz CT molecular complexity index is 595. The third-order valence-electron chi connectivity index (χ3n) is 3.02. The maximum atomic E-state index is 5.98. The average molecular weight is 344 g/mol. The first-order chi connectivity index (χ1) is 9.06. The standard InChI is InChI=1S/C13H16BrClN4/c1-3-10-12(14)11(19(4-2)18-10)6-8-5-9(15)7-17-13(8)16/h5,7H,3-4,6H2,1-2H3,(H2,16,17). The quantitative estimate of drug-likeness (QED) is 0.925. The molecule has 0 aliphatic heterocycles. The summed E-state index contributed by atoms with van der Waals surface area (Å²) in [7, 11) is 0. The lowest BCUT2D eigenvalue weighted by molar-refractivity contribution is 0.621. The number of halogens is 2. The molecule has 102 valence electrons. The van der Waals surface area contributed by atoms with Gasteiger partial charge in [-0.3, -0.25) is 4.68 Å². The molecule has 2 rings (SSSR count). The lowest BCUT2D eigenvalue weighted by Gasteiger charge is -2.08. The number of hydrogen-bond donors (Lipinski definition) is 1. The van der Waals surface area contributed by atoms with Gasteiger partial charge in [-0.05, 0) is 35.3 Å². The molecule has 0 aromatic carbocycles. The van der Waals surface area contributed by atoms with Crippen molar-refractivity contribution in [2.75, 3.05) is 5.73 Å². The van der Waals surface area contributed by atoms with Gasteiger partial charge < -0.3 is 5.73 Å². The van der Waals surface area contributed by atoms with E-state index in [1.807, 2.05) is 10.7 Å². The van der Waals surface area contributed by atoms with Gasteiger partial charge in [0.05, 0.1) is 20.9 Å². The molecule has 0 aliphatic carbocycles. The number of pyridine rings is 1. The highest BCUT2D eigenvalue weighted by atomic mass is 79.9. The predicted molar refractivity (Wildman–Crippen MR) is 81.4 cm³/mol. The molecule has 0 saturated heterocycles. The SMILES string of the molecule is CCc1nn(CC)c(Cc2cc(Cl)cnc2N)c1Br. The van der Waals surface area contributed by atoms with Crippen LogP contribution in [0.1, 0.15) is 30.8 Å². The van der Waals surface area contributed by atoms with Crippen LogP contribution in [-0.2, 0) is 19.4 Å². The first-order valence-corrected chi connectivity index (χ1v) is 7.37. The second-order valence-corrected chi connectivity index (χ2v) is 5.48. The van der Waals surface area contributed by atoms with Gasteiger partial charge in [-0.1, -0.05) is 18.5 Å². The largest absolute Gasteiger partial charge is 0.383 e. The summed E-state index contributed by atoms with van der Waals surface area (Å²) in [5, 5.41) is 5.17. The molecule has 0 amide bonds. The first kappa shape index (κ1) is 14.3. The van der Waals surface area contributed by atoms with Crippen molar-refractivity contribution in [1.82, 2.24) is 14.8 Å². The Labute approximate surface area is 126 Å². The highest BCUT2D eigenvalue weighted by Crippen LogP contribution is 2.27. The monoisotopic (exact) mass is 342 g/mol. The maximum Gasteiger partial charge on any atom is 0.127 e. The van der Waals surface area contributed by atoms with Gasteiger partial charge in [0.2, 0.25) is 0 Å². The summed E-state index contributed by atoms with van der Waals surface area (Å²) in [6, 6.07) is 1.86. The number of nitrogens with zero attached hydrogens (tertiary/aromatic N) is 3. The van der Waals surface area contributed by atoms with Crippen LogP contribution in [0.15, 0.2) is 16.7 Å². The molecule has 0 atom stereocenters. The molecule has 0 bridgehead atoms. The third kappa shape index (κ3) is 2.92. The molecule has 6 heteroatoms. The summed E-state index contributed by atoms with van der Waals surface area (Å²) in [6.45, 7) is 4.98. The van der Waals surface area contributed by atoms with Gasteiger partial charge in [-0.15, -0.1) is 0 Å². The van der Waals surface area contributed by atoms with Crippen molar-refractivity contribution in [3.63, 3.8) is 0 Å². The summed E-state index contributed by atoms with van der Waals surface area (Å²) in [6.07, 6.45) is 3.12. The second-order valence-electron chi connectivity index (χ2n) is 4.25. The molecule has 0 aliphatic rings. The molecule has 0 saturated carbocycles. The van der Waals surface area contributed by atoms with Gasteiger partial charge >= 0.3 is 0 Å². The number of aryl methyl sites for hydroxylation is 2. The van der Waals surface area contributed by atoms with Crippen molar-refractivity contribution in [2.45, 2.75) is 33.2 Å². The van der Waals surface area contributed by atoms with Crippen LogP contribution in [-0.4, -0.2) is 14.8 Å². The fourth-order valence-corrected chi connectivity index (χ4v) is 2.88. The number of nitrogens with two attached hydrogens (primary N) is 1. The maximum absolute atomic E-state index is 5.98. The van der Waals surface area contributed by atoms with E-state index in [0.717, 1.165) is 34.4 Å². The van der Waals surface area contributed by atoms with Crippen molar-refractivity contribution < 1.29 is 0 Å². The molecule has 2 heterocycles. The van der Waals surface area contributed by atoms with Gasteiger partial charge in [0.15, 0.2) is 0 Å². The fraction of sp³-hybridized carbons (Fsp3) is 0.385. The normalized spacial score (nSPS) is 10.9. The van der Waals surface area contributed by atoms with E-state index in [1.165, 1.54) is 0 Å². The zero-order chi connectivity index (χ0) is 14.0. The zero-order valence-electron chi connectivity index (χ0n) is 11.0. The summed E-state index contributed by atoms with van der Waals surface area (Å²) in [5.41, 5.74) is 8.99. The average Bonchev–Trinajstić information content (AvgIpc) is 2.70. The Morgan fingerprint density at radius 3 is 2.79 bits per heavy atom. The molecule has 19 heavy (non-hydrogen) atoms. The predicted octanol–water partition coefficient (Wildman–Crippen LogP) is 3.45. The molecule has 2 N–H and O–H groups in total. The molecule has 0 unspecified atom stereocenters. The Balaban J connectivity index is 2.42. The van der Waals surface area contributed by atoms with E-state index in [0.29, 0.717) is 17.3 Å². The highest BCUT2D eigenvalue weighted by Gasteiger charge is 2.15. The van der Waals surface area contributed by atoms with E-state index in [-0.39, 0.29) is 0 Å². The van der Waals surface area contributed by atoms with E-state index >= 15 is 0 Å². The van der Waals surface area contributed by atoms with Crippen LogP contribution in [0.3, 0.4) is 0 Å². The van der Waals surface area contributed by atoms with Crippen LogP contribution < -0.4 is 5.73 Å². The fourth-order valence-electron chi connectivity index (χ4n) is 2.00. The lowest BCUT2D eigenvalue weighted by atomic mass is 10.1. The van der Waals surface area contributed by atoms with Gasteiger partial charge in [0, 0.05) is 24.7 Å². The minimum absolute atomic E-state index is 0.512. The minimum atomic E-state index is 0.512. The van der Waals surface area contributed by atoms with Crippen LogP contribution in [0, 0.1) is 0 Å². The summed E-state index contributed by atoms with van der Waals surface area (Å²) in [4.78, 5) is 4.09. The Morgan fingerprint density at radius 2 is 2.16 bits per heavy atom.